The van der Waals surface area contributed by atoms with Crippen LogP contribution < -0.4 is 5.73 Å². The van der Waals surface area contributed by atoms with Crippen LogP contribution in [0.1, 0.15) is 5.56 Å². The Morgan fingerprint density at radius 2 is 1.80 bits per heavy atom. The third-order valence-corrected chi connectivity index (χ3v) is 2.38. The van der Waals surface area contributed by atoms with Crippen LogP contribution in [0.2, 0.25) is 0 Å². The van der Waals surface area contributed by atoms with E-state index >= 15 is 0 Å². The SMILES string of the molecule is NCCc1ccc(-c2cccnc2)cc1. The molecule has 2 N–H and O–H groups in total. The van der Waals surface area contributed by atoms with Gasteiger partial charge in [0.2, 0.25) is 0 Å². The molecule has 76 valence electrons. The number of nitrogens with zero attached hydrogens (tertiary/aromatic N) is 1. The monoisotopic (exact) mass is 198 g/mol. The molecule has 0 unspecified atom stereocenters. The van der Waals surface area contributed by atoms with Gasteiger partial charge in [-0.2, -0.15) is 0 Å². The van der Waals surface area contributed by atoms with Crippen molar-refractivity contribution >= 4 is 0 Å². The molecule has 1 heterocycles. The number of hydrogen-bond acceptors (Lipinski definition) is 2. The van der Waals surface area contributed by atoms with E-state index in [1.165, 1.54) is 11.1 Å². The fraction of sp³-hybridized carbons (Fsp3) is 0.154. The lowest BCUT2D eigenvalue weighted by Crippen LogP contribution is -2.02. The van der Waals surface area contributed by atoms with Gasteiger partial charge >= 0.3 is 0 Å². The van der Waals surface area contributed by atoms with Crippen molar-refractivity contribution in [1.82, 2.24) is 4.98 Å². The summed E-state index contributed by atoms with van der Waals surface area (Å²) in [7, 11) is 0. The van der Waals surface area contributed by atoms with Crippen molar-refractivity contribution in [2.75, 3.05) is 6.54 Å². The minimum Gasteiger partial charge on any atom is -0.330 e. The van der Waals surface area contributed by atoms with Gasteiger partial charge in [-0.1, -0.05) is 30.3 Å². The zero-order chi connectivity index (χ0) is 10.5. The highest BCUT2D eigenvalue weighted by molar-refractivity contribution is 5.62. The van der Waals surface area contributed by atoms with Crippen molar-refractivity contribution in [2.24, 2.45) is 5.73 Å². The molecule has 1 aromatic heterocycles. The minimum absolute atomic E-state index is 0.701. The van der Waals surface area contributed by atoms with Gasteiger partial charge in [-0.25, -0.2) is 0 Å². The molecule has 1 aromatic carbocycles. The summed E-state index contributed by atoms with van der Waals surface area (Å²) < 4.78 is 0. The second kappa shape index (κ2) is 4.71. The molecule has 0 aliphatic heterocycles. The maximum absolute atomic E-state index is 5.50. The molecule has 0 atom stereocenters. The van der Waals surface area contributed by atoms with Crippen molar-refractivity contribution in [2.45, 2.75) is 6.42 Å². The molecule has 2 aromatic rings. The third-order valence-electron chi connectivity index (χ3n) is 2.38. The number of hydrogen-bond donors (Lipinski definition) is 1. The van der Waals surface area contributed by atoms with Crippen LogP contribution in [0.5, 0.6) is 0 Å². The first-order valence-corrected chi connectivity index (χ1v) is 5.09. The van der Waals surface area contributed by atoms with Crippen LogP contribution in [0.3, 0.4) is 0 Å². The molecule has 0 bridgehead atoms. The average molecular weight is 198 g/mol. The van der Waals surface area contributed by atoms with E-state index < -0.39 is 0 Å². The predicted molar refractivity (Wildman–Crippen MR) is 62.4 cm³/mol. The summed E-state index contributed by atoms with van der Waals surface area (Å²) in [6, 6.07) is 12.5. The van der Waals surface area contributed by atoms with Gasteiger partial charge in [-0.15, -0.1) is 0 Å². The van der Waals surface area contributed by atoms with Crippen LogP contribution in [-0.2, 0) is 6.42 Å². The van der Waals surface area contributed by atoms with Crippen molar-refractivity contribution in [3.8, 4) is 11.1 Å². The molecular weight excluding hydrogens is 184 g/mol. The Kier molecular flexibility index (Phi) is 3.10. The first-order chi connectivity index (χ1) is 7.40. The lowest BCUT2D eigenvalue weighted by Gasteiger charge is -2.02. The summed E-state index contributed by atoms with van der Waals surface area (Å²) in [5, 5.41) is 0. The second-order valence-corrected chi connectivity index (χ2v) is 3.48. The van der Waals surface area contributed by atoms with E-state index in [1.807, 2.05) is 12.3 Å². The van der Waals surface area contributed by atoms with E-state index in [-0.39, 0.29) is 0 Å². The van der Waals surface area contributed by atoms with Crippen molar-refractivity contribution in [1.29, 1.82) is 0 Å². The molecule has 0 aliphatic carbocycles. The molecule has 0 saturated heterocycles. The zero-order valence-corrected chi connectivity index (χ0v) is 8.56. The van der Waals surface area contributed by atoms with Crippen molar-refractivity contribution in [3.05, 3.63) is 54.4 Å². The maximum atomic E-state index is 5.50. The molecule has 2 rings (SSSR count). The molecule has 0 radical (unpaired) electrons. The predicted octanol–water partition coefficient (Wildman–Crippen LogP) is 2.25. The number of aromatic nitrogens is 1. The third kappa shape index (κ3) is 2.42. The van der Waals surface area contributed by atoms with Gasteiger partial charge in [-0.3, -0.25) is 4.98 Å². The van der Waals surface area contributed by atoms with E-state index in [0.29, 0.717) is 6.54 Å². The van der Waals surface area contributed by atoms with Gasteiger partial charge in [0.25, 0.3) is 0 Å². The topological polar surface area (TPSA) is 38.9 Å². The van der Waals surface area contributed by atoms with Gasteiger partial charge in [-0.05, 0) is 35.7 Å². The van der Waals surface area contributed by atoms with Gasteiger partial charge in [0, 0.05) is 12.4 Å². The highest BCUT2D eigenvalue weighted by Crippen LogP contribution is 2.18. The molecule has 0 amide bonds. The Morgan fingerprint density at radius 3 is 2.40 bits per heavy atom. The first kappa shape index (κ1) is 9.87. The van der Waals surface area contributed by atoms with E-state index in [1.54, 1.807) is 6.20 Å². The average Bonchev–Trinajstić information content (AvgIpc) is 2.32. The number of pyridine rings is 1. The summed E-state index contributed by atoms with van der Waals surface area (Å²) in [5.41, 5.74) is 9.13. The molecule has 2 nitrogen and oxygen atoms in total. The number of nitrogens with two attached hydrogens (primary N) is 1. The summed E-state index contributed by atoms with van der Waals surface area (Å²) in [6.07, 6.45) is 4.59. The molecule has 15 heavy (non-hydrogen) atoms. The zero-order valence-electron chi connectivity index (χ0n) is 8.56. The summed E-state index contributed by atoms with van der Waals surface area (Å²) in [6.45, 7) is 0.701. The Balaban J connectivity index is 2.24. The van der Waals surface area contributed by atoms with Gasteiger partial charge in [0.05, 0.1) is 0 Å². The van der Waals surface area contributed by atoms with E-state index in [9.17, 15) is 0 Å². The van der Waals surface area contributed by atoms with Gasteiger partial charge in [0.15, 0.2) is 0 Å². The van der Waals surface area contributed by atoms with E-state index in [4.69, 9.17) is 5.73 Å². The summed E-state index contributed by atoms with van der Waals surface area (Å²) >= 11 is 0. The Bertz CT molecular complexity index is 406. The molecule has 0 saturated carbocycles. The highest BCUT2D eigenvalue weighted by Gasteiger charge is 1.96. The Morgan fingerprint density at radius 1 is 1.00 bits per heavy atom. The fourth-order valence-electron chi connectivity index (χ4n) is 1.56. The molecule has 2 heteroatoms. The Labute approximate surface area is 89.8 Å². The lowest BCUT2D eigenvalue weighted by atomic mass is 10.0. The standard InChI is InChI=1S/C13H14N2/c14-8-7-11-3-5-12(6-4-11)13-2-1-9-15-10-13/h1-6,9-10H,7-8,14H2. The first-order valence-electron chi connectivity index (χ1n) is 5.09. The van der Waals surface area contributed by atoms with E-state index in [2.05, 4.69) is 35.3 Å². The van der Waals surface area contributed by atoms with Gasteiger partial charge in [0.1, 0.15) is 0 Å². The normalized spacial score (nSPS) is 10.2. The van der Waals surface area contributed by atoms with Crippen LogP contribution in [0, 0.1) is 0 Å². The van der Waals surface area contributed by atoms with Crippen LogP contribution in [0.4, 0.5) is 0 Å². The van der Waals surface area contributed by atoms with Crippen LogP contribution >= 0.6 is 0 Å². The molecular formula is C13H14N2. The van der Waals surface area contributed by atoms with Crippen LogP contribution in [-0.4, -0.2) is 11.5 Å². The van der Waals surface area contributed by atoms with Crippen LogP contribution in [0.25, 0.3) is 11.1 Å². The number of rotatable bonds is 3. The largest absolute Gasteiger partial charge is 0.330 e. The fourth-order valence-corrected chi connectivity index (χ4v) is 1.56. The lowest BCUT2D eigenvalue weighted by molar-refractivity contribution is 0.969. The minimum atomic E-state index is 0.701. The molecule has 0 fully saturated rings. The number of benzene rings is 1. The second-order valence-electron chi connectivity index (χ2n) is 3.48. The van der Waals surface area contributed by atoms with Crippen molar-refractivity contribution in [3.63, 3.8) is 0 Å². The van der Waals surface area contributed by atoms with Crippen LogP contribution in [0.15, 0.2) is 48.8 Å². The van der Waals surface area contributed by atoms with Crippen molar-refractivity contribution < 1.29 is 0 Å². The maximum Gasteiger partial charge on any atom is 0.0346 e. The van der Waals surface area contributed by atoms with Gasteiger partial charge < -0.3 is 5.73 Å². The molecule has 0 aliphatic rings. The Hall–Kier alpha value is -1.67. The summed E-state index contributed by atoms with van der Waals surface area (Å²) in [4.78, 5) is 4.10. The smallest absolute Gasteiger partial charge is 0.0346 e. The van der Waals surface area contributed by atoms with E-state index in [0.717, 1.165) is 12.0 Å². The molecule has 0 spiro atoms. The summed E-state index contributed by atoms with van der Waals surface area (Å²) in [5.74, 6) is 0. The highest BCUT2D eigenvalue weighted by atomic mass is 14.6. The quantitative estimate of drug-likeness (QED) is 0.821.